The number of pyridine rings is 2. The number of hydrogen-bond donors (Lipinski definition) is 1. The van der Waals surface area contributed by atoms with Gasteiger partial charge in [0, 0.05) is 18.3 Å². The van der Waals surface area contributed by atoms with Crippen LogP contribution in [0.1, 0.15) is 5.56 Å². The Hall–Kier alpha value is -1.68. The van der Waals surface area contributed by atoms with E-state index < -0.39 is 5.82 Å². The second-order valence-corrected chi connectivity index (χ2v) is 2.98. The number of hydrogen-bond acceptors (Lipinski definition) is 2. The van der Waals surface area contributed by atoms with Crippen LogP contribution in [0, 0.1) is 5.82 Å². The van der Waals surface area contributed by atoms with Gasteiger partial charge in [0.05, 0.1) is 5.52 Å². The van der Waals surface area contributed by atoms with Gasteiger partial charge < -0.3 is 5.73 Å². The first kappa shape index (κ1) is 8.90. The molecule has 0 aromatic carbocycles. The fourth-order valence-corrected chi connectivity index (χ4v) is 1.39. The molecule has 2 heterocycles. The van der Waals surface area contributed by atoms with E-state index in [0.717, 1.165) is 0 Å². The van der Waals surface area contributed by atoms with Crippen LogP contribution in [0.2, 0.25) is 0 Å². The highest BCUT2D eigenvalue weighted by Crippen LogP contribution is 2.06. The zero-order valence-electron chi connectivity index (χ0n) is 7.40. The van der Waals surface area contributed by atoms with Crippen LogP contribution in [0.4, 0.5) is 4.39 Å². The molecule has 0 saturated carbocycles. The summed E-state index contributed by atoms with van der Waals surface area (Å²) in [5, 5.41) is 0. The number of rotatable bonds is 1. The molecule has 0 amide bonds. The maximum atomic E-state index is 13.2. The third kappa shape index (κ3) is 1.20. The lowest BCUT2D eigenvalue weighted by Crippen LogP contribution is -2.20. The molecule has 0 radical (unpaired) electrons. The molecule has 2 N–H and O–H groups in total. The monoisotopic (exact) mass is 192 g/mol. The summed E-state index contributed by atoms with van der Waals surface area (Å²) in [6.07, 6.45) is 1.53. The van der Waals surface area contributed by atoms with Gasteiger partial charge in [0.15, 0.2) is 0 Å². The molecule has 0 fully saturated rings. The van der Waals surface area contributed by atoms with Crippen LogP contribution in [0.3, 0.4) is 0 Å². The minimum atomic E-state index is -0.409. The summed E-state index contributed by atoms with van der Waals surface area (Å²) in [6, 6.07) is 5.92. The van der Waals surface area contributed by atoms with Crippen molar-refractivity contribution < 1.29 is 4.39 Å². The molecule has 0 unspecified atom stereocenters. The highest BCUT2D eigenvalue weighted by molar-refractivity contribution is 5.48. The predicted molar refractivity (Wildman–Crippen MR) is 51.5 cm³/mol. The number of halogens is 1. The molecule has 4 heteroatoms. The molecule has 14 heavy (non-hydrogen) atoms. The van der Waals surface area contributed by atoms with E-state index in [-0.39, 0.29) is 17.6 Å². The SMILES string of the molecule is NCc1ccc2c(F)cccn2c1=O. The van der Waals surface area contributed by atoms with E-state index in [2.05, 4.69) is 0 Å². The molecule has 0 spiro atoms. The van der Waals surface area contributed by atoms with E-state index >= 15 is 0 Å². The third-order valence-corrected chi connectivity index (χ3v) is 2.14. The van der Waals surface area contributed by atoms with E-state index in [9.17, 15) is 9.18 Å². The maximum absolute atomic E-state index is 13.2. The van der Waals surface area contributed by atoms with Gasteiger partial charge in [-0.15, -0.1) is 0 Å². The molecule has 2 rings (SSSR count). The van der Waals surface area contributed by atoms with Crippen LogP contribution < -0.4 is 11.3 Å². The lowest BCUT2D eigenvalue weighted by atomic mass is 10.2. The second kappa shape index (κ2) is 3.23. The Labute approximate surface area is 79.6 Å². The van der Waals surface area contributed by atoms with E-state index in [4.69, 9.17) is 5.73 Å². The normalized spacial score (nSPS) is 10.7. The molecule has 0 aliphatic rings. The van der Waals surface area contributed by atoms with Crippen LogP contribution in [0.5, 0.6) is 0 Å². The van der Waals surface area contributed by atoms with Crippen molar-refractivity contribution in [3.63, 3.8) is 0 Å². The number of nitrogens with two attached hydrogens (primary N) is 1. The molecule has 0 atom stereocenters. The summed E-state index contributed by atoms with van der Waals surface area (Å²) in [5.41, 5.74) is 5.87. The van der Waals surface area contributed by atoms with Gasteiger partial charge in [0.25, 0.3) is 5.56 Å². The third-order valence-electron chi connectivity index (χ3n) is 2.14. The average Bonchev–Trinajstić information content (AvgIpc) is 2.20. The quantitative estimate of drug-likeness (QED) is 0.729. The summed E-state index contributed by atoms with van der Waals surface area (Å²) in [7, 11) is 0. The van der Waals surface area contributed by atoms with Gasteiger partial charge in [-0.1, -0.05) is 6.07 Å². The highest BCUT2D eigenvalue weighted by atomic mass is 19.1. The van der Waals surface area contributed by atoms with E-state index in [1.54, 1.807) is 12.1 Å². The Bertz CT molecular complexity index is 533. The molecule has 0 aliphatic carbocycles. The molecule has 2 aromatic heterocycles. The van der Waals surface area contributed by atoms with Crippen molar-refractivity contribution in [2.45, 2.75) is 6.54 Å². The van der Waals surface area contributed by atoms with Gasteiger partial charge in [0.1, 0.15) is 5.82 Å². The molecular formula is C10H9FN2O. The Morgan fingerprint density at radius 1 is 1.36 bits per heavy atom. The smallest absolute Gasteiger partial charge is 0.259 e. The van der Waals surface area contributed by atoms with E-state index in [1.165, 1.54) is 22.7 Å². The Kier molecular flexibility index (Phi) is 2.05. The summed E-state index contributed by atoms with van der Waals surface area (Å²) in [4.78, 5) is 11.6. The van der Waals surface area contributed by atoms with Crippen molar-refractivity contribution >= 4 is 5.52 Å². The number of aromatic nitrogens is 1. The summed E-state index contributed by atoms with van der Waals surface area (Å²) >= 11 is 0. The zero-order valence-corrected chi connectivity index (χ0v) is 7.40. The van der Waals surface area contributed by atoms with Crippen LogP contribution in [-0.4, -0.2) is 4.40 Å². The Balaban J connectivity index is 2.91. The Morgan fingerprint density at radius 2 is 2.14 bits per heavy atom. The number of fused-ring (bicyclic) bond motifs is 1. The zero-order chi connectivity index (χ0) is 10.1. The van der Waals surface area contributed by atoms with Gasteiger partial charge in [-0.3, -0.25) is 9.20 Å². The first-order valence-electron chi connectivity index (χ1n) is 4.23. The van der Waals surface area contributed by atoms with Crippen molar-refractivity contribution in [1.82, 2.24) is 4.40 Å². The summed E-state index contributed by atoms with van der Waals surface area (Å²) in [5.74, 6) is -0.409. The lowest BCUT2D eigenvalue weighted by Gasteiger charge is -2.03. The minimum Gasteiger partial charge on any atom is -0.326 e. The standard InChI is InChI=1S/C10H9FN2O/c11-8-2-1-5-13-9(8)4-3-7(6-12)10(13)14/h1-5H,6,12H2. The molecule has 0 aliphatic heterocycles. The number of nitrogens with zero attached hydrogens (tertiary/aromatic N) is 1. The van der Waals surface area contributed by atoms with Gasteiger partial charge in [0.2, 0.25) is 0 Å². The van der Waals surface area contributed by atoms with E-state index in [0.29, 0.717) is 5.56 Å². The molecule has 3 nitrogen and oxygen atoms in total. The highest BCUT2D eigenvalue weighted by Gasteiger charge is 2.04. The average molecular weight is 192 g/mol. The van der Waals surface area contributed by atoms with Gasteiger partial charge >= 0.3 is 0 Å². The van der Waals surface area contributed by atoms with Gasteiger partial charge in [-0.25, -0.2) is 4.39 Å². The minimum absolute atomic E-state index is 0.165. The molecule has 2 aromatic rings. The van der Waals surface area contributed by atoms with Crippen molar-refractivity contribution in [3.05, 3.63) is 52.2 Å². The van der Waals surface area contributed by atoms with Gasteiger partial charge in [-0.05, 0) is 18.2 Å². The fraction of sp³-hybridized carbons (Fsp3) is 0.100. The van der Waals surface area contributed by atoms with Crippen LogP contribution in [0.25, 0.3) is 5.52 Å². The maximum Gasteiger partial charge on any atom is 0.259 e. The fourth-order valence-electron chi connectivity index (χ4n) is 1.39. The second-order valence-electron chi connectivity index (χ2n) is 2.98. The van der Waals surface area contributed by atoms with Crippen molar-refractivity contribution in [1.29, 1.82) is 0 Å². The van der Waals surface area contributed by atoms with Crippen LogP contribution in [0.15, 0.2) is 35.3 Å². The van der Waals surface area contributed by atoms with Crippen LogP contribution in [-0.2, 0) is 6.54 Å². The lowest BCUT2D eigenvalue weighted by molar-refractivity contribution is 0.631. The predicted octanol–water partition coefficient (Wildman–Crippen LogP) is 0.897. The van der Waals surface area contributed by atoms with Crippen molar-refractivity contribution in [3.8, 4) is 0 Å². The Morgan fingerprint density at radius 3 is 2.86 bits per heavy atom. The summed E-state index contributed by atoms with van der Waals surface area (Å²) < 4.78 is 14.5. The largest absolute Gasteiger partial charge is 0.326 e. The first-order chi connectivity index (χ1) is 6.74. The van der Waals surface area contributed by atoms with Crippen molar-refractivity contribution in [2.24, 2.45) is 5.73 Å². The molecule has 0 bridgehead atoms. The van der Waals surface area contributed by atoms with Crippen molar-refractivity contribution in [2.75, 3.05) is 0 Å². The van der Waals surface area contributed by atoms with E-state index in [1.807, 2.05) is 0 Å². The molecular weight excluding hydrogens is 183 g/mol. The molecule has 0 saturated heterocycles. The topological polar surface area (TPSA) is 47.5 Å². The summed E-state index contributed by atoms with van der Waals surface area (Å²) in [6.45, 7) is 0.165. The first-order valence-corrected chi connectivity index (χ1v) is 4.23. The molecule has 72 valence electrons. The van der Waals surface area contributed by atoms with Crippen LogP contribution >= 0.6 is 0 Å². The van der Waals surface area contributed by atoms with Gasteiger partial charge in [-0.2, -0.15) is 0 Å².